The molecule has 1 aliphatic heterocycles. The number of hydrogen-bond acceptors (Lipinski definition) is 6. The maximum atomic E-state index is 13.3. The Morgan fingerprint density at radius 1 is 1.25 bits per heavy atom. The van der Waals surface area contributed by atoms with Gasteiger partial charge >= 0.3 is 0 Å². The molecule has 2 aliphatic rings. The van der Waals surface area contributed by atoms with Gasteiger partial charge in [-0.15, -0.1) is 0 Å². The third kappa shape index (κ3) is 5.15. The Hall–Kier alpha value is -2.80. The minimum Gasteiger partial charge on any atom is -0.356 e. The van der Waals surface area contributed by atoms with E-state index < -0.39 is 0 Å². The van der Waals surface area contributed by atoms with Gasteiger partial charge in [0.2, 0.25) is 0 Å². The average Bonchev–Trinajstić information content (AvgIpc) is 2.78. The van der Waals surface area contributed by atoms with Crippen LogP contribution in [0.2, 0.25) is 0 Å². The van der Waals surface area contributed by atoms with E-state index in [1.54, 1.807) is 0 Å². The van der Waals surface area contributed by atoms with Crippen molar-refractivity contribution in [3.63, 3.8) is 0 Å². The Balaban J connectivity index is 1.55. The molecule has 1 aromatic carbocycles. The molecule has 1 aliphatic carbocycles. The molecule has 1 aromatic heterocycles. The highest BCUT2D eigenvalue weighted by molar-refractivity contribution is 6.09. The number of hydrogen-bond donors (Lipinski definition) is 3. The van der Waals surface area contributed by atoms with Gasteiger partial charge in [-0.1, -0.05) is 18.1 Å². The van der Waals surface area contributed by atoms with Crippen LogP contribution in [0.5, 0.6) is 0 Å². The predicted molar refractivity (Wildman–Crippen MR) is 127 cm³/mol. The van der Waals surface area contributed by atoms with Crippen LogP contribution in [0.3, 0.4) is 0 Å². The highest BCUT2D eigenvalue weighted by Crippen LogP contribution is 2.30. The molecule has 1 saturated carbocycles. The number of benzene rings is 1. The first-order valence-electron chi connectivity index (χ1n) is 11.7. The molecular weight excluding hydrogens is 402 g/mol. The maximum absolute atomic E-state index is 13.3. The number of nitrogens with one attached hydrogen (secondary N) is 2. The van der Waals surface area contributed by atoms with Crippen molar-refractivity contribution in [3.05, 3.63) is 35.4 Å². The zero-order valence-electron chi connectivity index (χ0n) is 18.8. The summed E-state index contributed by atoms with van der Waals surface area (Å²) in [6, 6.07) is 8.12. The molecule has 170 valence electrons. The summed E-state index contributed by atoms with van der Waals surface area (Å²) in [5, 5.41) is 12.1. The van der Waals surface area contributed by atoms with E-state index in [0.717, 1.165) is 74.4 Å². The SMILES string of the molecule is Cc1ccc2nc(N3CCC(N)CC3)c(C(=O)NC(=N)CC3CCCC(C=O)C3)cc2c1. The molecule has 0 spiro atoms. The summed E-state index contributed by atoms with van der Waals surface area (Å²) in [4.78, 5) is 31.4. The number of amidine groups is 1. The number of rotatable bonds is 5. The van der Waals surface area contributed by atoms with E-state index in [-0.39, 0.29) is 29.6 Å². The van der Waals surface area contributed by atoms with Crippen molar-refractivity contribution in [1.82, 2.24) is 10.3 Å². The summed E-state index contributed by atoms with van der Waals surface area (Å²) in [5.41, 5.74) is 8.54. The first kappa shape index (κ1) is 22.4. The first-order valence-corrected chi connectivity index (χ1v) is 11.7. The van der Waals surface area contributed by atoms with Crippen LogP contribution >= 0.6 is 0 Å². The van der Waals surface area contributed by atoms with E-state index in [2.05, 4.69) is 10.2 Å². The van der Waals surface area contributed by atoms with Crippen LogP contribution in [0.15, 0.2) is 24.3 Å². The van der Waals surface area contributed by atoms with Crippen LogP contribution in [0, 0.1) is 24.2 Å². The molecule has 7 nitrogen and oxygen atoms in total. The lowest BCUT2D eigenvalue weighted by Gasteiger charge is -2.32. The molecule has 2 atom stereocenters. The number of nitrogens with zero attached hydrogens (tertiary/aromatic N) is 2. The molecule has 2 fully saturated rings. The third-order valence-corrected chi connectivity index (χ3v) is 6.81. The first-order chi connectivity index (χ1) is 15.4. The predicted octanol–water partition coefficient (Wildman–Crippen LogP) is 3.57. The van der Waals surface area contributed by atoms with E-state index in [4.69, 9.17) is 16.1 Å². The summed E-state index contributed by atoms with van der Waals surface area (Å²) in [5.74, 6) is 0.938. The van der Waals surface area contributed by atoms with Crippen LogP contribution in [-0.2, 0) is 4.79 Å². The number of piperidine rings is 1. The van der Waals surface area contributed by atoms with Crippen molar-refractivity contribution in [2.45, 2.75) is 57.9 Å². The van der Waals surface area contributed by atoms with Crippen LogP contribution in [0.25, 0.3) is 10.9 Å². The number of aromatic nitrogens is 1. The molecular formula is C25H33N5O2. The number of aldehydes is 1. The van der Waals surface area contributed by atoms with Gasteiger partial charge in [0, 0.05) is 36.9 Å². The molecule has 2 unspecified atom stereocenters. The molecule has 2 aromatic rings. The van der Waals surface area contributed by atoms with E-state index >= 15 is 0 Å². The molecule has 0 bridgehead atoms. The summed E-state index contributed by atoms with van der Waals surface area (Å²) in [6.07, 6.45) is 7.00. The van der Waals surface area contributed by atoms with Gasteiger partial charge in [0.15, 0.2) is 0 Å². The molecule has 7 heteroatoms. The summed E-state index contributed by atoms with van der Waals surface area (Å²) < 4.78 is 0. The topological polar surface area (TPSA) is 112 Å². The number of carbonyl (C=O) groups is 2. The molecule has 0 radical (unpaired) electrons. The zero-order chi connectivity index (χ0) is 22.7. The Morgan fingerprint density at radius 2 is 2.03 bits per heavy atom. The Morgan fingerprint density at radius 3 is 2.78 bits per heavy atom. The van der Waals surface area contributed by atoms with Crippen molar-refractivity contribution in [2.75, 3.05) is 18.0 Å². The maximum Gasteiger partial charge on any atom is 0.260 e. The van der Waals surface area contributed by atoms with Crippen LogP contribution < -0.4 is 16.0 Å². The van der Waals surface area contributed by atoms with Gasteiger partial charge in [-0.2, -0.15) is 0 Å². The van der Waals surface area contributed by atoms with E-state index in [9.17, 15) is 9.59 Å². The van der Waals surface area contributed by atoms with Crippen molar-refractivity contribution in [1.29, 1.82) is 5.41 Å². The standard InChI is InChI=1S/C25H33N5O2/c1-16-5-6-22-19(11-16)14-21(24(28-22)30-9-7-20(26)8-10-30)25(32)29-23(27)13-17-3-2-4-18(12-17)15-31/h5-6,11,14-15,17-18,20H,2-4,7-10,12-13,26H2,1H3,(H2,27,29,32). The zero-order valence-corrected chi connectivity index (χ0v) is 18.8. The van der Waals surface area contributed by atoms with Crippen molar-refractivity contribution < 1.29 is 9.59 Å². The van der Waals surface area contributed by atoms with E-state index in [1.165, 1.54) is 0 Å². The van der Waals surface area contributed by atoms with Crippen molar-refractivity contribution in [3.8, 4) is 0 Å². The highest BCUT2D eigenvalue weighted by atomic mass is 16.1. The summed E-state index contributed by atoms with van der Waals surface area (Å²) in [7, 11) is 0. The second kappa shape index (κ2) is 9.77. The number of amides is 1. The lowest BCUT2D eigenvalue weighted by molar-refractivity contribution is -0.112. The van der Waals surface area contributed by atoms with Crippen LogP contribution in [0.1, 0.15) is 60.9 Å². The number of aryl methyl sites for hydroxylation is 1. The van der Waals surface area contributed by atoms with Gasteiger partial charge in [-0.3, -0.25) is 10.2 Å². The fourth-order valence-electron chi connectivity index (χ4n) is 4.99. The average molecular weight is 436 g/mol. The Kier molecular flexibility index (Phi) is 6.84. The molecule has 4 N–H and O–H groups in total. The van der Waals surface area contributed by atoms with Gasteiger partial charge in [0.05, 0.1) is 11.1 Å². The fourth-order valence-corrected chi connectivity index (χ4v) is 4.99. The fraction of sp³-hybridized carbons (Fsp3) is 0.520. The molecule has 1 saturated heterocycles. The van der Waals surface area contributed by atoms with Gasteiger partial charge in [0.25, 0.3) is 5.91 Å². The Bertz CT molecular complexity index is 1010. The smallest absolute Gasteiger partial charge is 0.260 e. The summed E-state index contributed by atoms with van der Waals surface area (Å²) in [6.45, 7) is 3.54. The number of fused-ring (bicyclic) bond motifs is 1. The monoisotopic (exact) mass is 435 g/mol. The van der Waals surface area contributed by atoms with Gasteiger partial charge in [0.1, 0.15) is 17.9 Å². The van der Waals surface area contributed by atoms with E-state index in [0.29, 0.717) is 17.8 Å². The molecule has 2 heterocycles. The van der Waals surface area contributed by atoms with Gasteiger partial charge in [-0.25, -0.2) is 4.98 Å². The molecule has 32 heavy (non-hydrogen) atoms. The number of nitrogens with two attached hydrogens (primary N) is 1. The number of anilines is 1. The van der Waals surface area contributed by atoms with E-state index in [1.807, 2.05) is 31.2 Å². The quantitative estimate of drug-likeness (QED) is 0.378. The Labute approximate surface area is 189 Å². The van der Waals surface area contributed by atoms with Crippen LogP contribution in [0.4, 0.5) is 5.82 Å². The van der Waals surface area contributed by atoms with Crippen LogP contribution in [-0.4, -0.2) is 42.1 Å². The normalized spacial score (nSPS) is 22.0. The van der Waals surface area contributed by atoms with Crippen molar-refractivity contribution >= 4 is 34.7 Å². The molecule has 4 rings (SSSR count). The largest absolute Gasteiger partial charge is 0.356 e. The van der Waals surface area contributed by atoms with Crippen molar-refractivity contribution in [2.24, 2.45) is 17.6 Å². The molecule has 1 amide bonds. The minimum atomic E-state index is -0.293. The lowest BCUT2D eigenvalue weighted by atomic mass is 9.80. The minimum absolute atomic E-state index is 0.0854. The van der Waals surface area contributed by atoms with Gasteiger partial charge in [-0.05, 0) is 63.1 Å². The number of pyridine rings is 1. The lowest BCUT2D eigenvalue weighted by Crippen LogP contribution is -2.41. The van der Waals surface area contributed by atoms with Gasteiger partial charge < -0.3 is 20.7 Å². The third-order valence-electron chi connectivity index (χ3n) is 6.81. The second-order valence-corrected chi connectivity index (χ2v) is 9.45. The second-order valence-electron chi connectivity index (χ2n) is 9.45. The highest BCUT2D eigenvalue weighted by Gasteiger charge is 2.26. The number of carbonyl (C=O) groups excluding carboxylic acids is 2. The summed E-state index contributed by atoms with van der Waals surface area (Å²) >= 11 is 0.